The molecule has 7 nitrogen and oxygen atoms in total. The predicted octanol–water partition coefficient (Wildman–Crippen LogP) is 4.70. The number of carbonyl (C=O) groups excluding carboxylic acids is 2. The maximum absolute atomic E-state index is 12.7. The number of nitrogens with one attached hydrogen (secondary N) is 2. The van der Waals surface area contributed by atoms with Crippen molar-refractivity contribution in [2.75, 3.05) is 6.61 Å². The van der Waals surface area contributed by atoms with Crippen molar-refractivity contribution in [3.05, 3.63) is 59.7 Å². The first-order valence-electron chi connectivity index (χ1n) is 12.5. The number of amides is 2. The number of benzene rings is 2. The molecule has 0 spiro atoms. The maximum atomic E-state index is 12.7. The molecule has 2 amide bonds. The van der Waals surface area contributed by atoms with E-state index in [9.17, 15) is 19.5 Å². The number of aliphatic carboxylic acids is 1. The fraction of sp³-hybridized carbons (Fsp3) is 0.464. The average molecular weight is 479 g/mol. The molecule has 0 bridgehead atoms. The van der Waals surface area contributed by atoms with Crippen molar-refractivity contribution in [1.82, 2.24) is 10.6 Å². The second-order valence-electron chi connectivity index (χ2n) is 9.99. The van der Waals surface area contributed by atoms with Crippen molar-refractivity contribution in [3.63, 3.8) is 0 Å². The van der Waals surface area contributed by atoms with Crippen LogP contribution in [0.15, 0.2) is 48.5 Å². The molecule has 2 aromatic rings. The maximum Gasteiger partial charge on any atom is 0.407 e. The molecule has 2 unspecified atom stereocenters. The van der Waals surface area contributed by atoms with Crippen molar-refractivity contribution < 1.29 is 24.2 Å². The predicted molar refractivity (Wildman–Crippen MR) is 133 cm³/mol. The lowest BCUT2D eigenvalue weighted by Gasteiger charge is -2.28. The lowest BCUT2D eigenvalue weighted by molar-refractivity contribution is -0.143. The molecule has 1 saturated carbocycles. The van der Waals surface area contributed by atoms with Gasteiger partial charge in [0, 0.05) is 24.4 Å². The molecular weight excluding hydrogens is 444 g/mol. The Balaban J connectivity index is 1.32. The summed E-state index contributed by atoms with van der Waals surface area (Å²) in [5, 5.41) is 15.1. The van der Waals surface area contributed by atoms with E-state index < -0.39 is 18.0 Å². The molecule has 186 valence electrons. The van der Waals surface area contributed by atoms with Crippen LogP contribution in [0.5, 0.6) is 0 Å². The normalized spacial score (nSPS) is 20.0. The fourth-order valence-corrected chi connectivity index (χ4v) is 5.28. The summed E-state index contributed by atoms with van der Waals surface area (Å²) in [4.78, 5) is 36.7. The van der Waals surface area contributed by atoms with Gasteiger partial charge >= 0.3 is 12.1 Å². The molecule has 3 atom stereocenters. The Morgan fingerprint density at radius 3 is 2.23 bits per heavy atom. The van der Waals surface area contributed by atoms with E-state index in [1.54, 1.807) is 0 Å². The molecule has 0 heterocycles. The number of ether oxygens (including phenoxy) is 1. The number of hydrogen-bond acceptors (Lipinski definition) is 4. The molecule has 1 fully saturated rings. The minimum Gasteiger partial charge on any atom is -0.481 e. The summed E-state index contributed by atoms with van der Waals surface area (Å²) in [5.74, 6) is -1.39. The molecule has 35 heavy (non-hydrogen) atoms. The first-order valence-corrected chi connectivity index (χ1v) is 12.5. The average Bonchev–Trinajstić information content (AvgIpc) is 3.16. The number of carbonyl (C=O) groups is 3. The Morgan fingerprint density at radius 2 is 1.63 bits per heavy atom. The standard InChI is InChI=1S/C28H34N2O5/c1-17(2)25(15-26(31)29-19-9-7-8-18(14-19)27(32)33)30-28(34)35-16-24-22-12-5-3-10-20(22)21-11-4-6-13-23(21)24/h3-6,10-13,17-19,24-25H,7-9,14-16H2,1-2H3,(H,29,31)(H,30,34)(H,32,33)/t18?,19?,25-/m0/s1. The third-order valence-corrected chi connectivity index (χ3v) is 7.25. The van der Waals surface area contributed by atoms with Gasteiger partial charge in [-0.1, -0.05) is 68.8 Å². The minimum atomic E-state index is -0.805. The largest absolute Gasteiger partial charge is 0.481 e. The number of carboxylic acids is 1. The monoisotopic (exact) mass is 478 g/mol. The Labute approximate surface area is 206 Å². The van der Waals surface area contributed by atoms with Gasteiger partial charge in [0.2, 0.25) is 5.91 Å². The minimum absolute atomic E-state index is 0.0255. The summed E-state index contributed by atoms with van der Waals surface area (Å²) >= 11 is 0. The van der Waals surface area contributed by atoms with E-state index in [4.69, 9.17) is 4.74 Å². The van der Waals surface area contributed by atoms with Gasteiger partial charge in [0.1, 0.15) is 6.61 Å². The van der Waals surface area contributed by atoms with Crippen LogP contribution in [0, 0.1) is 11.8 Å². The Morgan fingerprint density at radius 1 is 1.00 bits per heavy atom. The molecule has 0 aromatic heterocycles. The van der Waals surface area contributed by atoms with Crippen LogP contribution in [-0.2, 0) is 14.3 Å². The van der Waals surface area contributed by atoms with Crippen molar-refractivity contribution in [2.45, 2.75) is 64.0 Å². The van der Waals surface area contributed by atoms with Crippen LogP contribution in [0.4, 0.5) is 4.79 Å². The van der Waals surface area contributed by atoms with Gasteiger partial charge < -0.3 is 20.5 Å². The van der Waals surface area contributed by atoms with Gasteiger partial charge in [-0.05, 0) is 47.4 Å². The fourth-order valence-electron chi connectivity index (χ4n) is 5.28. The highest BCUT2D eigenvalue weighted by atomic mass is 16.5. The lowest BCUT2D eigenvalue weighted by atomic mass is 9.85. The molecule has 2 aliphatic rings. The van der Waals surface area contributed by atoms with Crippen molar-refractivity contribution >= 4 is 18.0 Å². The van der Waals surface area contributed by atoms with Gasteiger partial charge in [-0.2, -0.15) is 0 Å². The van der Waals surface area contributed by atoms with Crippen LogP contribution in [0.3, 0.4) is 0 Å². The second-order valence-corrected chi connectivity index (χ2v) is 9.99. The van der Waals surface area contributed by atoms with Gasteiger partial charge in [0.25, 0.3) is 0 Å². The third-order valence-electron chi connectivity index (χ3n) is 7.25. The molecule has 3 N–H and O–H groups in total. The zero-order valence-electron chi connectivity index (χ0n) is 20.3. The molecule has 0 saturated heterocycles. The molecule has 0 aliphatic heterocycles. The summed E-state index contributed by atoms with van der Waals surface area (Å²) in [6.07, 6.45) is 2.25. The van der Waals surface area contributed by atoms with Gasteiger partial charge in [-0.3, -0.25) is 9.59 Å². The smallest absolute Gasteiger partial charge is 0.407 e. The van der Waals surface area contributed by atoms with E-state index >= 15 is 0 Å². The highest BCUT2D eigenvalue weighted by Crippen LogP contribution is 2.44. The van der Waals surface area contributed by atoms with Crippen LogP contribution < -0.4 is 10.6 Å². The topological polar surface area (TPSA) is 105 Å². The summed E-state index contributed by atoms with van der Waals surface area (Å²) in [6.45, 7) is 4.11. The Hall–Kier alpha value is -3.35. The zero-order chi connectivity index (χ0) is 24.9. The van der Waals surface area contributed by atoms with E-state index in [0.717, 1.165) is 24.0 Å². The number of carboxylic acid groups (broad SMARTS) is 1. The van der Waals surface area contributed by atoms with E-state index in [2.05, 4.69) is 34.9 Å². The Bertz CT molecular complexity index is 1040. The molecular formula is C28H34N2O5. The van der Waals surface area contributed by atoms with E-state index in [-0.39, 0.29) is 42.9 Å². The molecule has 7 heteroatoms. The van der Waals surface area contributed by atoms with Gasteiger partial charge in [-0.15, -0.1) is 0 Å². The van der Waals surface area contributed by atoms with Crippen LogP contribution in [0.25, 0.3) is 11.1 Å². The SMILES string of the molecule is CC(C)[C@H](CC(=O)NC1CCCC(C(=O)O)C1)NC(=O)OCC1c2ccccc2-c2ccccc21. The number of fused-ring (bicyclic) bond motifs is 3. The van der Waals surface area contributed by atoms with Crippen molar-refractivity contribution in [1.29, 1.82) is 0 Å². The van der Waals surface area contributed by atoms with E-state index in [0.29, 0.717) is 12.8 Å². The first-order chi connectivity index (χ1) is 16.8. The Kier molecular flexibility index (Phi) is 7.73. The molecule has 4 rings (SSSR count). The summed E-state index contributed by atoms with van der Waals surface area (Å²) in [5.41, 5.74) is 4.63. The van der Waals surface area contributed by atoms with Crippen LogP contribution in [0.2, 0.25) is 0 Å². The van der Waals surface area contributed by atoms with E-state index in [1.807, 2.05) is 38.1 Å². The number of rotatable bonds is 8. The molecule has 0 radical (unpaired) electrons. The summed E-state index contributed by atoms with van der Waals surface area (Å²) in [7, 11) is 0. The number of hydrogen-bond donors (Lipinski definition) is 3. The zero-order valence-corrected chi connectivity index (χ0v) is 20.3. The van der Waals surface area contributed by atoms with Crippen LogP contribution >= 0.6 is 0 Å². The lowest BCUT2D eigenvalue weighted by Crippen LogP contribution is -2.45. The van der Waals surface area contributed by atoms with Crippen LogP contribution in [0.1, 0.15) is 63.0 Å². The molecule has 2 aliphatic carbocycles. The first kappa shape index (κ1) is 24.8. The van der Waals surface area contributed by atoms with Gasteiger partial charge in [0.05, 0.1) is 5.92 Å². The summed E-state index contributed by atoms with van der Waals surface area (Å²) < 4.78 is 5.65. The third kappa shape index (κ3) is 5.84. The van der Waals surface area contributed by atoms with Crippen LogP contribution in [-0.4, -0.2) is 41.8 Å². The second kappa shape index (κ2) is 10.9. The van der Waals surface area contributed by atoms with E-state index in [1.165, 1.54) is 11.1 Å². The highest BCUT2D eigenvalue weighted by molar-refractivity contribution is 5.80. The van der Waals surface area contributed by atoms with Gasteiger partial charge in [0.15, 0.2) is 0 Å². The summed E-state index contributed by atoms with van der Waals surface area (Å²) in [6, 6.07) is 15.8. The molecule has 2 aromatic carbocycles. The quantitative estimate of drug-likeness (QED) is 0.510. The highest BCUT2D eigenvalue weighted by Gasteiger charge is 2.31. The van der Waals surface area contributed by atoms with Crippen molar-refractivity contribution in [3.8, 4) is 11.1 Å². The van der Waals surface area contributed by atoms with Crippen molar-refractivity contribution in [2.24, 2.45) is 11.8 Å². The number of alkyl carbamates (subject to hydrolysis) is 1. The van der Waals surface area contributed by atoms with Gasteiger partial charge in [-0.25, -0.2) is 4.79 Å².